The molecule has 0 fully saturated rings. The molecule has 0 aromatic rings. The first kappa shape index (κ1) is 66.6. The lowest BCUT2D eigenvalue weighted by Gasteiger charge is -2.18. The van der Waals surface area contributed by atoms with Crippen LogP contribution in [0.2, 0.25) is 0 Å². The predicted molar refractivity (Wildman–Crippen MR) is 306 cm³/mol. The second kappa shape index (κ2) is 58.1. The number of allylic oxidation sites excluding steroid dienone is 22. The van der Waals surface area contributed by atoms with Crippen molar-refractivity contribution in [3.05, 3.63) is 134 Å². The largest absolute Gasteiger partial charge is 0.462 e. The second-order valence-electron chi connectivity index (χ2n) is 18.5. The van der Waals surface area contributed by atoms with E-state index in [1.807, 2.05) is 0 Å². The lowest BCUT2D eigenvalue weighted by atomic mass is 10.1. The number of esters is 3. The molecule has 0 aromatic heterocycles. The van der Waals surface area contributed by atoms with Gasteiger partial charge in [-0.2, -0.15) is 0 Å². The highest BCUT2D eigenvalue weighted by molar-refractivity contribution is 5.71. The Morgan fingerprint density at radius 2 is 0.592 bits per heavy atom. The van der Waals surface area contributed by atoms with Crippen molar-refractivity contribution in [1.29, 1.82) is 0 Å². The molecule has 0 bridgehead atoms. The number of ether oxygens (including phenoxy) is 3. The van der Waals surface area contributed by atoms with Gasteiger partial charge >= 0.3 is 17.9 Å². The standard InChI is InChI=1S/C65H104O6/c1-4-7-10-13-16-19-22-24-26-27-28-29-30-31-32-33-34-35-36-37-38-39-40-42-43-46-49-52-55-58-64(67)70-61-62(60-69-63(66)57-54-51-48-45-21-18-15-12-9-6-3)71-65(68)59-56-53-50-47-44-41-25-23-20-17-14-11-8-5-2/h7,10,12,15-16,19,23-26,28-29,31-32,34-35,37-38,40,42,46,49,62H,4-6,8-9,11,13-14,17-18,20-22,27,30,33,36,39,41,43-45,47-48,50-61H2,1-3H3/b10-7-,15-12-,19-16-,25-23-,26-24-,29-28-,32-31-,35-34-,38-37-,42-40-,49-46-. The summed E-state index contributed by atoms with van der Waals surface area (Å²) in [4.78, 5) is 38.0. The Bertz CT molecular complexity index is 1550. The number of carbonyl (C=O) groups excluding carboxylic acids is 3. The van der Waals surface area contributed by atoms with Crippen LogP contribution in [0.25, 0.3) is 0 Å². The summed E-state index contributed by atoms with van der Waals surface area (Å²) in [5.74, 6) is -0.995. The van der Waals surface area contributed by atoms with Crippen molar-refractivity contribution in [3.63, 3.8) is 0 Å². The van der Waals surface area contributed by atoms with Gasteiger partial charge < -0.3 is 14.2 Å². The maximum absolute atomic E-state index is 12.8. The van der Waals surface area contributed by atoms with Gasteiger partial charge in [0.15, 0.2) is 6.10 Å². The van der Waals surface area contributed by atoms with E-state index in [-0.39, 0.29) is 37.5 Å². The van der Waals surface area contributed by atoms with Crippen LogP contribution in [0.1, 0.15) is 239 Å². The van der Waals surface area contributed by atoms with Gasteiger partial charge in [-0.25, -0.2) is 0 Å². The fraction of sp³-hybridized carbons (Fsp3) is 0.615. The maximum atomic E-state index is 12.8. The summed E-state index contributed by atoms with van der Waals surface area (Å²) in [6, 6.07) is 0. The number of hydrogen-bond donors (Lipinski definition) is 0. The van der Waals surface area contributed by atoms with Gasteiger partial charge in [-0.05, 0) is 128 Å². The quantitative estimate of drug-likeness (QED) is 0.0262. The van der Waals surface area contributed by atoms with E-state index in [0.717, 1.165) is 135 Å². The lowest BCUT2D eigenvalue weighted by molar-refractivity contribution is -0.167. The first-order valence-corrected chi connectivity index (χ1v) is 28.7. The molecular weight excluding hydrogens is 877 g/mol. The molecule has 0 N–H and O–H groups in total. The average molecular weight is 982 g/mol. The van der Waals surface area contributed by atoms with E-state index in [1.165, 1.54) is 57.8 Å². The zero-order valence-corrected chi connectivity index (χ0v) is 45.7. The number of rotatable bonds is 50. The summed E-state index contributed by atoms with van der Waals surface area (Å²) < 4.78 is 16.7. The minimum atomic E-state index is -0.812. The molecule has 1 unspecified atom stereocenters. The highest BCUT2D eigenvalue weighted by atomic mass is 16.6. The third-order valence-corrected chi connectivity index (χ3v) is 11.6. The molecule has 0 aliphatic rings. The normalized spacial score (nSPS) is 13.1. The minimum Gasteiger partial charge on any atom is -0.462 e. The number of carbonyl (C=O) groups is 3. The molecule has 0 radical (unpaired) electrons. The van der Waals surface area contributed by atoms with Crippen molar-refractivity contribution in [2.75, 3.05) is 13.2 Å². The smallest absolute Gasteiger partial charge is 0.306 e. The molecule has 0 aliphatic carbocycles. The summed E-state index contributed by atoms with van der Waals surface area (Å²) in [5, 5.41) is 0. The molecule has 0 amide bonds. The molecule has 71 heavy (non-hydrogen) atoms. The zero-order chi connectivity index (χ0) is 51.4. The van der Waals surface area contributed by atoms with E-state index in [0.29, 0.717) is 19.3 Å². The van der Waals surface area contributed by atoms with E-state index in [4.69, 9.17) is 14.2 Å². The predicted octanol–water partition coefficient (Wildman–Crippen LogP) is 19.4. The molecule has 0 saturated heterocycles. The van der Waals surface area contributed by atoms with E-state index in [1.54, 1.807) is 0 Å². The Kier molecular flexibility index (Phi) is 54.5. The van der Waals surface area contributed by atoms with Crippen molar-refractivity contribution in [2.45, 2.75) is 245 Å². The van der Waals surface area contributed by atoms with Gasteiger partial charge in [-0.1, -0.05) is 225 Å². The summed E-state index contributed by atoms with van der Waals surface area (Å²) >= 11 is 0. The molecule has 0 saturated carbocycles. The summed E-state index contributed by atoms with van der Waals surface area (Å²) in [6.45, 7) is 6.38. The minimum absolute atomic E-state index is 0.107. The van der Waals surface area contributed by atoms with Crippen molar-refractivity contribution >= 4 is 17.9 Å². The second-order valence-corrected chi connectivity index (χ2v) is 18.5. The Balaban J connectivity index is 4.39. The lowest BCUT2D eigenvalue weighted by Crippen LogP contribution is -2.30. The molecule has 1 atom stereocenters. The van der Waals surface area contributed by atoms with Crippen LogP contribution in [-0.2, 0) is 28.6 Å². The molecular formula is C65H104O6. The van der Waals surface area contributed by atoms with Crippen molar-refractivity contribution in [2.24, 2.45) is 0 Å². The molecule has 6 heteroatoms. The maximum Gasteiger partial charge on any atom is 0.306 e. The molecule has 0 aromatic carbocycles. The van der Waals surface area contributed by atoms with Crippen LogP contribution in [0.15, 0.2) is 134 Å². The SMILES string of the molecule is CC/C=C\C/C=C\C/C=C\C/C=C\C/C=C\C/C=C\C/C=C\C/C=C\C/C=C\CCCC(=O)OCC(COC(=O)CCCCCCC/C=C\CCC)OC(=O)CCCCCCC/C=C\CCCCCCC. The van der Waals surface area contributed by atoms with Crippen LogP contribution in [0.3, 0.4) is 0 Å². The Labute approximate surface area is 436 Å². The van der Waals surface area contributed by atoms with Gasteiger partial charge in [0.25, 0.3) is 0 Å². The third-order valence-electron chi connectivity index (χ3n) is 11.6. The highest BCUT2D eigenvalue weighted by Gasteiger charge is 2.19. The molecule has 0 aliphatic heterocycles. The zero-order valence-electron chi connectivity index (χ0n) is 45.7. The topological polar surface area (TPSA) is 78.9 Å². The van der Waals surface area contributed by atoms with Crippen LogP contribution in [0, 0.1) is 0 Å². The fourth-order valence-electron chi connectivity index (χ4n) is 7.32. The van der Waals surface area contributed by atoms with Crippen molar-refractivity contribution in [1.82, 2.24) is 0 Å². The van der Waals surface area contributed by atoms with E-state index >= 15 is 0 Å². The molecule has 0 spiro atoms. The van der Waals surface area contributed by atoms with Crippen molar-refractivity contribution < 1.29 is 28.6 Å². The Hall–Kier alpha value is -4.45. The first-order valence-electron chi connectivity index (χ1n) is 28.7. The average Bonchev–Trinajstić information content (AvgIpc) is 3.37. The molecule has 0 rings (SSSR count). The number of hydrogen-bond acceptors (Lipinski definition) is 6. The molecule has 0 heterocycles. The third kappa shape index (κ3) is 56.3. The van der Waals surface area contributed by atoms with Crippen LogP contribution < -0.4 is 0 Å². The summed E-state index contributed by atoms with van der Waals surface area (Å²) in [6.07, 6.45) is 81.7. The fourth-order valence-corrected chi connectivity index (χ4v) is 7.32. The summed E-state index contributed by atoms with van der Waals surface area (Å²) in [7, 11) is 0. The van der Waals surface area contributed by atoms with E-state index < -0.39 is 6.10 Å². The van der Waals surface area contributed by atoms with Crippen LogP contribution in [0.4, 0.5) is 0 Å². The van der Waals surface area contributed by atoms with Crippen LogP contribution >= 0.6 is 0 Å². The highest BCUT2D eigenvalue weighted by Crippen LogP contribution is 2.13. The number of unbranched alkanes of at least 4 members (excludes halogenated alkanes) is 17. The van der Waals surface area contributed by atoms with Crippen LogP contribution in [-0.4, -0.2) is 37.2 Å². The van der Waals surface area contributed by atoms with E-state index in [2.05, 4.69) is 154 Å². The van der Waals surface area contributed by atoms with Gasteiger partial charge in [0.1, 0.15) is 13.2 Å². The van der Waals surface area contributed by atoms with Crippen molar-refractivity contribution in [3.8, 4) is 0 Å². The molecule has 6 nitrogen and oxygen atoms in total. The first-order chi connectivity index (χ1) is 35.0. The monoisotopic (exact) mass is 981 g/mol. The van der Waals surface area contributed by atoms with Gasteiger partial charge in [0.2, 0.25) is 0 Å². The van der Waals surface area contributed by atoms with Gasteiger partial charge in [0, 0.05) is 19.3 Å². The van der Waals surface area contributed by atoms with Gasteiger partial charge in [-0.3, -0.25) is 14.4 Å². The van der Waals surface area contributed by atoms with Crippen LogP contribution in [0.5, 0.6) is 0 Å². The van der Waals surface area contributed by atoms with Gasteiger partial charge in [0.05, 0.1) is 0 Å². The van der Waals surface area contributed by atoms with Gasteiger partial charge in [-0.15, -0.1) is 0 Å². The summed E-state index contributed by atoms with van der Waals surface area (Å²) in [5.41, 5.74) is 0. The van der Waals surface area contributed by atoms with E-state index in [9.17, 15) is 14.4 Å². The Morgan fingerprint density at radius 3 is 0.986 bits per heavy atom. The Morgan fingerprint density at radius 1 is 0.296 bits per heavy atom. The molecule has 400 valence electrons.